The van der Waals surface area contributed by atoms with Gasteiger partial charge in [-0.1, -0.05) is 26.0 Å². The second-order valence-electron chi connectivity index (χ2n) is 5.96. The van der Waals surface area contributed by atoms with Gasteiger partial charge in [-0.3, -0.25) is 14.9 Å². The predicted octanol–water partition coefficient (Wildman–Crippen LogP) is 3.34. The largest absolute Gasteiger partial charge is 0.508 e. The number of nitro benzene ring substituents is 1. The quantitative estimate of drug-likeness (QED) is 0.420. The van der Waals surface area contributed by atoms with E-state index in [1.807, 2.05) is 12.1 Å². The van der Waals surface area contributed by atoms with Crippen LogP contribution in [0.5, 0.6) is 11.5 Å². The third-order valence-corrected chi connectivity index (χ3v) is 4.03. The minimum atomic E-state index is -0.602. The summed E-state index contributed by atoms with van der Waals surface area (Å²) < 4.78 is 5.39. The Kier molecular flexibility index (Phi) is 6.87. The number of nitrogens with one attached hydrogen (secondary N) is 1. The molecule has 0 radical (unpaired) electrons. The van der Waals surface area contributed by atoms with Crippen molar-refractivity contribution in [3.63, 3.8) is 0 Å². The summed E-state index contributed by atoms with van der Waals surface area (Å²) in [5.41, 5.74) is 3.27. The number of hydrogen-bond acceptors (Lipinski definition) is 6. The first-order chi connectivity index (χ1) is 12.9. The summed E-state index contributed by atoms with van der Waals surface area (Å²) in [7, 11) is 0. The van der Waals surface area contributed by atoms with Crippen LogP contribution in [0.2, 0.25) is 0 Å². The first-order valence-corrected chi connectivity index (χ1v) is 8.42. The molecule has 0 fully saturated rings. The van der Waals surface area contributed by atoms with Crippen LogP contribution in [0.25, 0.3) is 0 Å². The third kappa shape index (κ3) is 5.81. The summed E-state index contributed by atoms with van der Waals surface area (Å²) in [6.45, 7) is 4.01. The summed E-state index contributed by atoms with van der Waals surface area (Å²) in [5.74, 6) is 0.362. The maximum Gasteiger partial charge on any atom is 0.278 e. The Bertz CT molecular complexity index is 834. The average molecular weight is 371 g/mol. The molecule has 8 nitrogen and oxygen atoms in total. The van der Waals surface area contributed by atoms with Gasteiger partial charge in [0.15, 0.2) is 6.61 Å². The fraction of sp³-hybridized carbons (Fsp3) is 0.263. The van der Waals surface area contributed by atoms with E-state index < -0.39 is 10.8 Å². The van der Waals surface area contributed by atoms with Crippen LogP contribution in [0.3, 0.4) is 0 Å². The lowest BCUT2D eigenvalue weighted by atomic mass is 9.99. The lowest BCUT2D eigenvalue weighted by Crippen LogP contribution is -2.24. The van der Waals surface area contributed by atoms with Gasteiger partial charge in [-0.25, -0.2) is 5.43 Å². The number of benzene rings is 2. The third-order valence-electron chi connectivity index (χ3n) is 4.03. The van der Waals surface area contributed by atoms with E-state index in [2.05, 4.69) is 24.4 Å². The number of phenols is 1. The highest BCUT2D eigenvalue weighted by Crippen LogP contribution is 2.22. The van der Waals surface area contributed by atoms with Crippen LogP contribution >= 0.6 is 0 Å². The van der Waals surface area contributed by atoms with Gasteiger partial charge >= 0.3 is 0 Å². The van der Waals surface area contributed by atoms with Gasteiger partial charge in [0.1, 0.15) is 11.5 Å². The van der Waals surface area contributed by atoms with Crippen molar-refractivity contribution in [1.82, 2.24) is 5.43 Å². The van der Waals surface area contributed by atoms with Crippen LogP contribution in [0.4, 0.5) is 5.69 Å². The minimum absolute atomic E-state index is 0.0712. The molecule has 0 aliphatic carbocycles. The molecule has 1 atom stereocenters. The lowest BCUT2D eigenvalue weighted by molar-refractivity contribution is -0.385. The molecule has 2 rings (SSSR count). The highest BCUT2D eigenvalue weighted by Gasteiger charge is 2.12. The second kappa shape index (κ2) is 9.33. The number of phenolic OH excluding ortho intramolecular Hbond substituents is 1. The standard InChI is InChI=1S/C19H21N3O5/c1-3-13(2)14-4-7-17(8-5-14)27-12-19(24)21-20-11-15-10-16(23)6-9-18(15)22(25)26/h4-11,13,23H,3,12H2,1-2H3,(H,21,24)/b20-11+/t13-/m0/s1. The Morgan fingerprint density at radius 3 is 2.67 bits per heavy atom. The van der Waals surface area contributed by atoms with Crippen molar-refractivity contribution in [2.24, 2.45) is 5.10 Å². The molecule has 2 N–H and O–H groups in total. The molecule has 0 bridgehead atoms. The summed E-state index contributed by atoms with van der Waals surface area (Å²) in [4.78, 5) is 22.1. The number of hydrogen-bond donors (Lipinski definition) is 2. The molecule has 27 heavy (non-hydrogen) atoms. The van der Waals surface area contributed by atoms with Gasteiger partial charge < -0.3 is 9.84 Å². The van der Waals surface area contributed by atoms with E-state index in [0.29, 0.717) is 11.7 Å². The normalized spacial score (nSPS) is 11.9. The molecule has 142 valence electrons. The van der Waals surface area contributed by atoms with E-state index in [1.165, 1.54) is 17.7 Å². The van der Waals surface area contributed by atoms with Crippen LogP contribution < -0.4 is 10.2 Å². The zero-order valence-corrected chi connectivity index (χ0v) is 15.1. The Morgan fingerprint density at radius 1 is 1.33 bits per heavy atom. The van der Waals surface area contributed by atoms with Crippen molar-refractivity contribution in [3.8, 4) is 11.5 Å². The second-order valence-corrected chi connectivity index (χ2v) is 5.96. The number of carbonyl (C=O) groups is 1. The number of nitro groups is 1. The maximum absolute atomic E-state index is 11.8. The molecule has 2 aromatic carbocycles. The van der Waals surface area contributed by atoms with Gasteiger partial charge in [-0.05, 0) is 42.2 Å². The molecule has 8 heteroatoms. The van der Waals surface area contributed by atoms with Crippen LogP contribution in [0.15, 0.2) is 47.6 Å². The molecule has 0 unspecified atom stereocenters. The minimum Gasteiger partial charge on any atom is -0.508 e. The number of rotatable bonds is 8. The smallest absolute Gasteiger partial charge is 0.278 e. The Balaban J connectivity index is 1.89. The van der Waals surface area contributed by atoms with E-state index >= 15 is 0 Å². The molecular formula is C19H21N3O5. The van der Waals surface area contributed by atoms with Gasteiger partial charge in [-0.15, -0.1) is 0 Å². The van der Waals surface area contributed by atoms with Gasteiger partial charge in [0.05, 0.1) is 16.7 Å². The summed E-state index contributed by atoms with van der Waals surface area (Å²) >= 11 is 0. The van der Waals surface area contributed by atoms with Gasteiger partial charge in [0.25, 0.3) is 11.6 Å². The van der Waals surface area contributed by atoms with E-state index in [9.17, 15) is 20.0 Å². The van der Waals surface area contributed by atoms with E-state index in [-0.39, 0.29) is 23.6 Å². The van der Waals surface area contributed by atoms with E-state index in [1.54, 1.807) is 12.1 Å². The van der Waals surface area contributed by atoms with Crippen molar-refractivity contribution < 1.29 is 19.6 Å². The molecule has 0 saturated carbocycles. The topological polar surface area (TPSA) is 114 Å². The number of nitrogens with zero attached hydrogens (tertiary/aromatic N) is 2. The van der Waals surface area contributed by atoms with Gasteiger partial charge in [-0.2, -0.15) is 5.10 Å². The Morgan fingerprint density at radius 2 is 2.04 bits per heavy atom. The SMILES string of the molecule is CC[C@H](C)c1ccc(OCC(=O)N/N=C/c2cc(O)ccc2[N+](=O)[O-])cc1. The van der Waals surface area contributed by atoms with Gasteiger partial charge in [0.2, 0.25) is 0 Å². The lowest BCUT2D eigenvalue weighted by Gasteiger charge is -2.10. The van der Waals surface area contributed by atoms with Crippen molar-refractivity contribution in [1.29, 1.82) is 0 Å². The number of amides is 1. The molecule has 2 aromatic rings. The maximum atomic E-state index is 11.8. The number of carbonyl (C=O) groups excluding carboxylic acids is 1. The summed E-state index contributed by atoms with van der Waals surface area (Å²) in [6, 6.07) is 11.1. The Hall–Kier alpha value is -3.42. The first kappa shape index (κ1) is 19.9. The van der Waals surface area contributed by atoms with Gasteiger partial charge in [0, 0.05) is 6.07 Å². The van der Waals surface area contributed by atoms with Crippen molar-refractivity contribution >= 4 is 17.8 Å². The van der Waals surface area contributed by atoms with Crippen molar-refractivity contribution in [3.05, 3.63) is 63.7 Å². The summed E-state index contributed by atoms with van der Waals surface area (Å²) in [5, 5.41) is 24.0. The van der Waals surface area contributed by atoms with Crippen molar-refractivity contribution in [2.75, 3.05) is 6.61 Å². The number of ether oxygens (including phenoxy) is 1. The van der Waals surface area contributed by atoms with Crippen LogP contribution in [-0.2, 0) is 4.79 Å². The zero-order valence-electron chi connectivity index (χ0n) is 15.1. The van der Waals surface area contributed by atoms with E-state index in [0.717, 1.165) is 18.7 Å². The highest BCUT2D eigenvalue weighted by molar-refractivity contribution is 5.87. The number of hydrazone groups is 1. The molecule has 0 saturated heterocycles. The van der Waals surface area contributed by atoms with Crippen LogP contribution in [0, 0.1) is 10.1 Å². The molecule has 0 aliphatic rings. The molecule has 0 aliphatic heterocycles. The number of aromatic hydroxyl groups is 1. The highest BCUT2D eigenvalue weighted by atomic mass is 16.6. The fourth-order valence-corrected chi connectivity index (χ4v) is 2.29. The monoisotopic (exact) mass is 371 g/mol. The molecule has 0 heterocycles. The zero-order chi connectivity index (χ0) is 19.8. The molecular weight excluding hydrogens is 350 g/mol. The Labute approximate surface area is 156 Å². The summed E-state index contributed by atoms with van der Waals surface area (Å²) in [6.07, 6.45) is 2.13. The predicted molar refractivity (Wildman–Crippen MR) is 101 cm³/mol. The van der Waals surface area contributed by atoms with Crippen LogP contribution in [-0.4, -0.2) is 28.8 Å². The average Bonchev–Trinajstić information content (AvgIpc) is 2.66. The fourth-order valence-electron chi connectivity index (χ4n) is 2.29. The van der Waals surface area contributed by atoms with Crippen molar-refractivity contribution in [2.45, 2.75) is 26.2 Å². The molecule has 0 spiro atoms. The van der Waals surface area contributed by atoms with Crippen LogP contribution in [0.1, 0.15) is 37.3 Å². The molecule has 1 amide bonds. The first-order valence-electron chi connectivity index (χ1n) is 8.42. The van der Waals surface area contributed by atoms with E-state index in [4.69, 9.17) is 4.74 Å². The molecule has 0 aromatic heterocycles.